The number of nitrogens with one attached hydrogen (secondary N) is 1. The summed E-state index contributed by atoms with van der Waals surface area (Å²) in [5, 5.41) is 14.9. The molecule has 0 fully saturated rings. The Balaban J connectivity index is 2.45. The number of carbonyl (C=O) groups excluding carboxylic acids is 1. The molecule has 0 saturated carbocycles. The summed E-state index contributed by atoms with van der Waals surface area (Å²) in [7, 11) is 0. The van der Waals surface area contributed by atoms with Gasteiger partial charge in [0.05, 0.1) is 11.8 Å². The lowest BCUT2D eigenvalue weighted by Gasteiger charge is -2.07. The van der Waals surface area contributed by atoms with Gasteiger partial charge in [-0.15, -0.1) is 5.10 Å². The quantitative estimate of drug-likeness (QED) is 0.488. The van der Waals surface area contributed by atoms with Crippen molar-refractivity contribution in [2.45, 2.75) is 37.2 Å². The standard InChI is InChI=1S/C9H18N6OS/c1-3-4-11-5-6-15-9(12-13-14-15)17-7(2)8(10)16/h7,11H,3-6H2,1-2H3,(H2,10,16). The number of thioether (sulfide) groups is 1. The van der Waals surface area contributed by atoms with Crippen molar-refractivity contribution in [1.82, 2.24) is 25.5 Å². The summed E-state index contributed by atoms with van der Waals surface area (Å²) in [4.78, 5) is 10.9. The third-order valence-corrected chi connectivity index (χ3v) is 3.20. The van der Waals surface area contributed by atoms with Crippen molar-refractivity contribution in [3.63, 3.8) is 0 Å². The molecule has 3 N–H and O–H groups in total. The third kappa shape index (κ3) is 4.70. The van der Waals surface area contributed by atoms with Gasteiger partial charge in [-0.3, -0.25) is 4.79 Å². The number of tetrazole rings is 1. The maximum Gasteiger partial charge on any atom is 0.230 e. The topological polar surface area (TPSA) is 98.7 Å². The molecule has 7 nitrogen and oxygen atoms in total. The molecule has 0 spiro atoms. The molecule has 0 aliphatic rings. The Labute approximate surface area is 105 Å². The second-order valence-electron chi connectivity index (χ2n) is 3.60. The molecule has 1 heterocycles. The molecule has 0 radical (unpaired) electrons. The van der Waals surface area contributed by atoms with Crippen molar-refractivity contribution in [3.8, 4) is 0 Å². The van der Waals surface area contributed by atoms with E-state index in [4.69, 9.17) is 5.73 Å². The van der Waals surface area contributed by atoms with Crippen molar-refractivity contribution in [1.29, 1.82) is 0 Å². The fraction of sp³-hybridized carbons (Fsp3) is 0.778. The Hall–Kier alpha value is -1.15. The normalized spacial score (nSPS) is 12.6. The number of carbonyl (C=O) groups is 1. The molecule has 1 rings (SSSR count). The van der Waals surface area contributed by atoms with Crippen LogP contribution < -0.4 is 11.1 Å². The lowest BCUT2D eigenvalue weighted by Crippen LogP contribution is -2.24. The summed E-state index contributed by atoms with van der Waals surface area (Å²) in [6, 6.07) is 0. The maximum atomic E-state index is 10.9. The Morgan fingerprint density at radius 1 is 1.59 bits per heavy atom. The van der Waals surface area contributed by atoms with Gasteiger partial charge in [-0.25, -0.2) is 4.68 Å². The van der Waals surface area contributed by atoms with Gasteiger partial charge in [0, 0.05) is 6.54 Å². The minimum atomic E-state index is -0.367. The Morgan fingerprint density at radius 3 is 3.00 bits per heavy atom. The zero-order chi connectivity index (χ0) is 12.7. The van der Waals surface area contributed by atoms with Gasteiger partial charge in [-0.05, 0) is 30.3 Å². The largest absolute Gasteiger partial charge is 0.369 e. The third-order valence-electron chi connectivity index (χ3n) is 2.11. The van der Waals surface area contributed by atoms with E-state index in [9.17, 15) is 4.79 Å². The first-order valence-electron chi connectivity index (χ1n) is 5.58. The van der Waals surface area contributed by atoms with Gasteiger partial charge in [0.25, 0.3) is 0 Å². The highest BCUT2D eigenvalue weighted by Crippen LogP contribution is 2.19. The lowest BCUT2D eigenvalue weighted by atomic mass is 10.5. The Bertz CT molecular complexity index is 355. The SMILES string of the molecule is CCCNCCn1nnnc1SC(C)C(N)=O. The first-order chi connectivity index (χ1) is 8.15. The number of nitrogens with two attached hydrogens (primary N) is 1. The molecule has 0 bridgehead atoms. The number of aromatic nitrogens is 4. The molecule has 96 valence electrons. The van der Waals surface area contributed by atoms with E-state index in [1.807, 2.05) is 0 Å². The molecule has 0 aliphatic carbocycles. The molecule has 1 atom stereocenters. The van der Waals surface area contributed by atoms with Gasteiger partial charge < -0.3 is 11.1 Å². The second kappa shape index (κ2) is 7.23. The Morgan fingerprint density at radius 2 is 2.35 bits per heavy atom. The monoisotopic (exact) mass is 258 g/mol. The lowest BCUT2D eigenvalue weighted by molar-refractivity contribution is -0.117. The number of rotatable bonds is 8. The van der Waals surface area contributed by atoms with Crippen LogP contribution in [-0.4, -0.2) is 44.5 Å². The molecular weight excluding hydrogens is 240 g/mol. The van der Waals surface area contributed by atoms with Crippen LogP contribution in [0.2, 0.25) is 0 Å². The Kier molecular flexibility index (Phi) is 5.92. The summed E-state index contributed by atoms with van der Waals surface area (Å²) in [5.74, 6) is -0.367. The number of nitrogens with zero attached hydrogens (tertiary/aromatic N) is 4. The molecule has 0 saturated heterocycles. The second-order valence-corrected chi connectivity index (χ2v) is 4.91. The fourth-order valence-corrected chi connectivity index (χ4v) is 1.89. The van der Waals surface area contributed by atoms with E-state index in [0.717, 1.165) is 19.5 Å². The van der Waals surface area contributed by atoms with Crippen LogP contribution in [0.5, 0.6) is 0 Å². The van der Waals surface area contributed by atoms with Crippen LogP contribution >= 0.6 is 11.8 Å². The highest BCUT2D eigenvalue weighted by molar-refractivity contribution is 8.00. The van der Waals surface area contributed by atoms with Gasteiger partial charge in [0.15, 0.2) is 0 Å². The van der Waals surface area contributed by atoms with E-state index in [0.29, 0.717) is 11.7 Å². The zero-order valence-corrected chi connectivity index (χ0v) is 10.9. The van der Waals surface area contributed by atoms with Crippen LogP contribution in [0.4, 0.5) is 0 Å². The van der Waals surface area contributed by atoms with Crippen molar-refractivity contribution in [2.75, 3.05) is 13.1 Å². The number of primary amides is 1. The summed E-state index contributed by atoms with van der Waals surface area (Å²) < 4.78 is 1.67. The van der Waals surface area contributed by atoms with Gasteiger partial charge in [0.1, 0.15) is 0 Å². The number of amides is 1. The van der Waals surface area contributed by atoms with E-state index in [1.54, 1.807) is 11.6 Å². The average molecular weight is 258 g/mol. The van der Waals surface area contributed by atoms with Gasteiger partial charge in [-0.1, -0.05) is 18.7 Å². The first-order valence-corrected chi connectivity index (χ1v) is 6.46. The first kappa shape index (κ1) is 13.9. The van der Waals surface area contributed by atoms with E-state index < -0.39 is 0 Å². The van der Waals surface area contributed by atoms with Crippen LogP contribution in [0, 0.1) is 0 Å². The zero-order valence-electron chi connectivity index (χ0n) is 10.1. The van der Waals surface area contributed by atoms with Crippen LogP contribution in [0.1, 0.15) is 20.3 Å². The molecule has 1 aromatic heterocycles. The molecule has 1 aromatic rings. The highest BCUT2D eigenvalue weighted by Gasteiger charge is 2.15. The van der Waals surface area contributed by atoms with Crippen LogP contribution in [0.3, 0.4) is 0 Å². The van der Waals surface area contributed by atoms with Crippen molar-refractivity contribution < 1.29 is 4.79 Å². The van der Waals surface area contributed by atoms with E-state index in [2.05, 4.69) is 27.8 Å². The highest BCUT2D eigenvalue weighted by atomic mass is 32.2. The predicted octanol–water partition coefficient (Wildman–Crippen LogP) is -0.361. The number of hydrogen-bond donors (Lipinski definition) is 2. The van der Waals surface area contributed by atoms with E-state index in [1.165, 1.54) is 11.8 Å². The van der Waals surface area contributed by atoms with E-state index in [-0.39, 0.29) is 11.2 Å². The molecule has 0 aliphatic heterocycles. The molecule has 8 heteroatoms. The minimum Gasteiger partial charge on any atom is -0.369 e. The summed E-state index contributed by atoms with van der Waals surface area (Å²) in [6.45, 7) is 6.31. The molecule has 1 amide bonds. The van der Waals surface area contributed by atoms with Gasteiger partial charge in [-0.2, -0.15) is 0 Å². The molecule has 17 heavy (non-hydrogen) atoms. The van der Waals surface area contributed by atoms with Crippen molar-refractivity contribution in [2.24, 2.45) is 5.73 Å². The average Bonchev–Trinajstić information content (AvgIpc) is 2.72. The molecule has 1 unspecified atom stereocenters. The van der Waals surface area contributed by atoms with Crippen molar-refractivity contribution in [3.05, 3.63) is 0 Å². The fourth-order valence-electron chi connectivity index (χ4n) is 1.12. The summed E-state index contributed by atoms with van der Waals surface area (Å²) >= 11 is 1.27. The number of hydrogen-bond acceptors (Lipinski definition) is 6. The van der Waals surface area contributed by atoms with Gasteiger partial charge in [0.2, 0.25) is 11.1 Å². The van der Waals surface area contributed by atoms with E-state index >= 15 is 0 Å². The van der Waals surface area contributed by atoms with Crippen LogP contribution in [0.15, 0.2) is 5.16 Å². The van der Waals surface area contributed by atoms with Gasteiger partial charge >= 0.3 is 0 Å². The smallest absolute Gasteiger partial charge is 0.230 e. The minimum absolute atomic E-state index is 0.330. The molecule has 0 aromatic carbocycles. The summed E-state index contributed by atoms with van der Waals surface area (Å²) in [6.07, 6.45) is 1.09. The maximum absolute atomic E-state index is 10.9. The summed E-state index contributed by atoms with van der Waals surface area (Å²) in [5.41, 5.74) is 5.19. The van der Waals surface area contributed by atoms with Crippen LogP contribution in [0.25, 0.3) is 0 Å². The van der Waals surface area contributed by atoms with Crippen LogP contribution in [-0.2, 0) is 11.3 Å². The molecular formula is C9H18N6OS. The van der Waals surface area contributed by atoms with Crippen molar-refractivity contribution >= 4 is 17.7 Å². The predicted molar refractivity (Wildman–Crippen MR) is 65.5 cm³/mol.